The molecule has 7 nitrogen and oxygen atoms in total. The molecule has 4 heterocycles. The van der Waals surface area contributed by atoms with Crippen LogP contribution in [0.4, 0.5) is 19.0 Å². The van der Waals surface area contributed by atoms with Crippen molar-refractivity contribution in [3.8, 4) is 11.5 Å². The molecule has 1 fully saturated rings. The molecule has 0 radical (unpaired) electrons. The molecule has 0 aliphatic carbocycles. The van der Waals surface area contributed by atoms with Crippen molar-refractivity contribution in [1.82, 2.24) is 24.5 Å². The summed E-state index contributed by atoms with van der Waals surface area (Å²) in [5.41, 5.74) is 3.30. The maximum atomic E-state index is 14.1. The summed E-state index contributed by atoms with van der Waals surface area (Å²) in [6.07, 6.45) is -2.72. The first kappa shape index (κ1) is 22.1. The molecule has 0 spiro atoms. The molecule has 0 bridgehead atoms. The van der Waals surface area contributed by atoms with Crippen LogP contribution in [0.3, 0.4) is 0 Å². The molecule has 0 saturated carbocycles. The Morgan fingerprint density at radius 3 is 2.73 bits per heavy atom. The molecule has 1 aromatic carbocycles. The molecule has 2 aliphatic rings. The average Bonchev–Trinajstić information content (AvgIpc) is 3.49. The standard InChI is InChI=1S/C22H25F3N6OS/c1-12-5-6-14(8-13(12)2)16-9-18(22(23,24)25)31-19(26-16)10-17(29-31)20-27-28-21(33)30(20)11-15-4-3-7-32-15/h5-6,8,10,15-16,18,26H,3-4,7,9,11H2,1-2H3,(H,28,33)/t15-,16-,18+/m0/s1. The van der Waals surface area contributed by atoms with E-state index in [4.69, 9.17) is 17.0 Å². The SMILES string of the molecule is Cc1ccc([C@@H]2C[C@H](C(F)(F)F)n3nc(-c4n[nH]c(=S)n4C[C@@H]4CCCO4)cc3N2)cc1C. The molecule has 2 aliphatic heterocycles. The van der Waals surface area contributed by atoms with Crippen LogP contribution in [0.25, 0.3) is 11.5 Å². The molecule has 11 heteroatoms. The van der Waals surface area contributed by atoms with E-state index in [0.717, 1.165) is 34.2 Å². The molecule has 33 heavy (non-hydrogen) atoms. The third kappa shape index (κ3) is 4.19. The number of benzene rings is 1. The molecule has 3 aromatic rings. The van der Waals surface area contributed by atoms with Gasteiger partial charge in [0.15, 0.2) is 16.6 Å². The second-order valence-corrected chi connectivity index (χ2v) is 9.18. The highest BCUT2D eigenvalue weighted by Crippen LogP contribution is 2.44. The van der Waals surface area contributed by atoms with Gasteiger partial charge in [-0.05, 0) is 55.6 Å². The molecule has 2 N–H and O–H groups in total. The first-order chi connectivity index (χ1) is 15.7. The van der Waals surface area contributed by atoms with Crippen LogP contribution >= 0.6 is 12.2 Å². The number of ether oxygens (including phenoxy) is 1. The van der Waals surface area contributed by atoms with Crippen LogP contribution in [0.2, 0.25) is 0 Å². The summed E-state index contributed by atoms with van der Waals surface area (Å²) in [7, 11) is 0. The number of aryl methyl sites for hydroxylation is 2. The molecular formula is C22H25F3N6OS. The van der Waals surface area contributed by atoms with Crippen LogP contribution in [-0.4, -0.2) is 43.4 Å². The zero-order valence-corrected chi connectivity index (χ0v) is 19.1. The Labute approximate surface area is 194 Å². The lowest BCUT2D eigenvalue weighted by atomic mass is 9.94. The second-order valence-electron chi connectivity index (χ2n) is 8.79. The number of hydrogen-bond donors (Lipinski definition) is 2. The maximum Gasteiger partial charge on any atom is 0.410 e. The summed E-state index contributed by atoms with van der Waals surface area (Å²) < 4.78 is 51.1. The van der Waals surface area contributed by atoms with E-state index >= 15 is 0 Å². The molecule has 0 amide bonds. The first-order valence-corrected chi connectivity index (χ1v) is 11.4. The molecule has 3 atom stereocenters. The van der Waals surface area contributed by atoms with Crippen LogP contribution in [0.1, 0.15) is 48.0 Å². The molecule has 5 rings (SSSR count). The summed E-state index contributed by atoms with van der Waals surface area (Å²) in [6, 6.07) is 5.15. The quantitative estimate of drug-likeness (QED) is 0.501. The Bertz CT molecular complexity index is 1220. The lowest BCUT2D eigenvalue weighted by Crippen LogP contribution is -2.35. The minimum Gasteiger partial charge on any atom is -0.376 e. The fourth-order valence-corrected chi connectivity index (χ4v) is 4.76. The fourth-order valence-electron chi connectivity index (χ4n) is 4.56. The number of aromatic nitrogens is 5. The van der Waals surface area contributed by atoms with E-state index < -0.39 is 18.3 Å². The number of H-pyrrole nitrogens is 1. The number of rotatable bonds is 4. The summed E-state index contributed by atoms with van der Waals surface area (Å²) in [5.74, 6) is 0.710. The number of alkyl halides is 3. The predicted molar refractivity (Wildman–Crippen MR) is 120 cm³/mol. The number of hydrogen-bond acceptors (Lipinski definition) is 5. The number of nitrogens with zero attached hydrogens (tertiary/aromatic N) is 4. The van der Waals surface area contributed by atoms with Crippen molar-refractivity contribution in [3.63, 3.8) is 0 Å². The van der Waals surface area contributed by atoms with Gasteiger partial charge >= 0.3 is 6.18 Å². The molecule has 0 unspecified atom stereocenters. The van der Waals surface area contributed by atoms with Crippen LogP contribution in [0, 0.1) is 18.6 Å². The van der Waals surface area contributed by atoms with E-state index in [1.807, 2.05) is 32.0 Å². The number of fused-ring (bicyclic) bond motifs is 1. The van der Waals surface area contributed by atoms with E-state index in [9.17, 15) is 13.2 Å². The Hall–Kier alpha value is -2.66. The first-order valence-electron chi connectivity index (χ1n) is 11.0. The van der Waals surface area contributed by atoms with Gasteiger partial charge in [-0.15, -0.1) is 0 Å². The summed E-state index contributed by atoms with van der Waals surface area (Å²) in [5, 5.41) is 14.6. The topological polar surface area (TPSA) is 72.7 Å². The van der Waals surface area contributed by atoms with E-state index in [0.29, 0.717) is 35.3 Å². The van der Waals surface area contributed by atoms with Gasteiger partial charge in [0.2, 0.25) is 0 Å². The van der Waals surface area contributed by atoms with Crippen molar-refractivity contribution in [3.05, 3.63) is 45.7 Å². The highest BCUT2D eigenvalue weighted by molar-refractivity contribution is 7.71. The van der Waals surface area contributed by atoms with Crippen molar-refractivity contribution in [1.29, 1.82) is 0 Å². The predicted octanol–water partition coefficient (Wildman–Crippen LogP) is 5.26. The van der Waals surface area contributed by atoms with E-state index in [2.05, 4.69) is 20.6 Å². The normalized spacial score (nSPS) is 22.9. The van der Waals surface area contributed by atoms with Crippen LogP contribution in [0.15, 0.2) is 24.3 Å². The van der Waals surface area contributed by atoms with Gasteiger partial charge in [-0.3, -0.25) is 9.67 Å². The maximum absolute atomic E-state index is 14.1. The van der Waals surface area contributed by atoms with Crippen molar-refractivity contribution in [2.45, 2.75) is 64.0 Å². The fraction of sp³-hybridized carbons (Fsp3) is 0.500. The lowest BCUT2D eigenvalue weighted by molar-refractivity contribution is -0.173. The Balaban J connectivity index is 1.52. The number of halogens is 3. The van der Waals surface area contributed by atoms with Gasteiger partial charge in [-0.25, -0.2) is 4.68 Å². The minimum absolute atomic E-state index is 0.000459. The number of aromatic amines is 1. The highest BCUT2D eigenvalue weighted by Gasteiger charge is 2.46. The Morgan fingerprint density at radius 1 is 1.21 bits per heavy atom. The zero-order valence-electron chi connectivity index (χ0n) is 18.3. The van der Waals surface area contributed by atoms with E-state index in [-0.39, 0.29) is 12.5 Å². The van der Waals surface area contributed by atoms with Gasteiger partial charge in [0.25, 0.3) is 0 Å². The number of anilines is 1. The lowest BCUT2D eigenvalue weighted by Gasteiger charge is -2.33. The van der Waals surface area contributed by atoms with Crippen molar-refractivity contribution < 1.29 is 17.9 Å². The second kappa shape index (κ2) is 8.28. The van der Waals surface area contributed by atoms with Gasteiger partial charge in [0.05, 0.1) is 18.7 Å². The van der Waals surface area contributed by atoms with Crippen molar-refractivity contribution in [2.75, 3.05) is 11.9 Å². The van der Waals surface area contributed by atoms with E-state index in [1.54, 1.807) is 10.6 Å². The Morgan fingerprint density at radius 2 is 2.03 bits per heavy atom. The van der Waals surface area contributed by atoms with Gasteiger partial charge in [-0.1, -0.05) is 18.2 Å². The van der Waals surface area contributed by atoms with Crippen LogP contribution < -0.4 is 5.32 Å². The van der Waals surface area contributed by atoms with Crippen LogP contribution in [0.5, 0.6) is 0 Å². The van der Waals surface area contributed by atoms with Gasteiger partial charge < -0.3 is 10.1 Å². The summed E-state index contributed by atoms with van der Waals surface area (Å²) in [6.45, 7) is 5.12. The molecule has 176 valence electrons. The molecular weight excluding hydrogens is 453 g/mol. The zero-order chi connectivity index (χ0) is 23.3. The summed E-state index contributed by atoms with van der Waals surface area (Å²) in [4.78, 5) is 0. The highest BCUT2D eigenvalue weighted by atomic mass is 32.1. The van der Waals surface area contributed by atoms with Gasteiger partial charge in [0.1, 0.15) is 11.5 Å². The average molecular weight is 479 g/mol. The molecule has 2 aromatic heterocycles. The van der Waals surface area contributed by atoms with Crippen molar-refractivity contribution in [2.24, 2.45) is 0 Å². The Kier molecular flexibility index (Phi) is 5.56. The smallest absolute Gasteiger partial charge is 0.376 e. The number of nitrogens with one attached hydrogen (secondary N) is 2. The van der Waals surface area contributed by atoms with Crippen LogP contribution in [-0.2, 0) is 11.3 Å². The van der Waals surface area contributed by atoms with E-state index in [1.165, 1.54) is 0 Å². The third-order valence-corrected chi connectivity index (χ3v) is 6.83. The van der Waals surface area contributed by atoms with Gasteiger partial charge in [-0.2, -0.15) is 23.4 Å². The monoisotopic (exact) mass is 478 g/mol. The third-order valence-electron chi connectivity index (χ3n) is 6.52. The molecule has 1 saturated heterocycles. The van der Waals surface area contributed by atoms with Gasteiger partial charge in [0, 0.05) is 19.1 Å². The largest absolute Gasteiger partial charge is 0.410 e. The van der Waals surface area contributed by atoms with Crippen molar-refractivity contribution >= 4 is 18.0 Å². The minimum atomic E-state index is -4.44. The summed E-state index contributed by atoms with van der Waals surface area (Å²) >= 11 is 5.36.